The summed E-state index contributed by atoms with van der Waals surface area (Å²) in [5.74, 6) is 2.51. The van der Waals surface area contributed by atoms with Gasteiger partial charge in [0.25, 0.3) is 0 Å². The van der Waals surface area contributed by atoms with E-state index in [0.717, 1.165) is 64.9 Å². The highest BCUT2D eigenvalue weighted by Crippen LogP contribution is 2.41. The number of carbonyl (C=O) groups excluding carboxylic acids is 1. The lowest BCUT2D eigenvalue weighted by molar-refractivity contribution is -0.126. The Morgan fingerprint density at radius 1 is 0.892 bits per heavy atom. The number of hydrogen-bond donors (Lipinski definition) is 2. The molecule has 37 heavy (non-hydrogen) atoms. The van der Waals surface area contributed by atoms with Crippen LogP contribution in [0, 0.1) is 0 Å². The average Bonchev–Trinajstić information content (AvgIpc) is 2.93. The molecule has 5 rings (SSSR count). The van der Waals surface area contributed by atoms with Gasteiger partial charge in [-0.1, -0.05) is 36.8 Å². The van der Waals surface area contributed by atoms with Crippen LogP contribution < -0.4 is 14.9 Å². The first kappa shape index (κ1) is 24.7. The second-order valence-corrected chi connectivity index (χ2v) is 9.40. The van der Waals surface area contributed by atoms with Crippen molar-refractivity contribution in [2.45, 2.75) is 32.1 Å². The maximum atomic E-state index is 12.4. The second-order valence-electron chi connectivity index (χ2n) is 9.40. The number of hydrogen-bond acceptors (Lipinski definition) is 5. The first-order valence-corrected chi connectivity index (χ1v) is 12.8. The summed E-state index contributed by atoms with van der Waals surface area (Å²) in [6.07, 6.45) is 4.64. The lowest BCUT2D eigenvalue weighted by Gasteiger charge is -2.26. The van der Waals surface area contributed by atoms with E-state index in [0.29, 0.717) is 18.6 Å². The number of phenolic OH excluding ortho intramolecular Hbond substituents is 1. The first-order valence-electron chi connectivity index (χ1n) is 12.8. The number of methoxy groups -OCH3 is 1. The van der Waals surface area contributed by atoms with Crippen LogP contribution in [0.1, 0.15) is 31.2 Å². The summed E-state index contributed by atoms with van der Waals surface area (Å²) in [5, 5.41) is 13.8. The van der Waals surface area contributed by atoms with Crippen LogP contribution in [0.4, 0.5) is 0 Å². The minimum absolute atomic E-state index is 0.0620. The molecule has 1 saturated heterocycles. The molecule has 1 fully saturated rings. The molecule has 6 heteroatoms. The van der Waals surface area contributed by atoms with Crippen LogP contribution in [0.2, 0.25) is 0 Å². The highest BCUT2D eigenvalue weighted by molar-refractivity contribution is 5.96. The molecule has 190 valence electrons. The standard InChI is InChI=1S/C31H32N2O4/c1-36-27-15-17-29-24(21-27)10-16-28(23-8-11-25(34)12-9-23)31(29)37-26-13-5-22(6-14-26)7-18-30(35)32-33-19-3-2-4-20-33/h5-6,8-17,21,34H,2-4,7,18-20H2,1H3,(H,32,35). The van der Waals surface area contributed by atoms with Gasteiger partial charge in [0, 0.05) is 30.5 Å². The van der Waals surface area contributed by atoms with Gasteiger partial charge < -0.3 is 14.6 Å². The van der Waals surface area contributed by atoms with E-state index in [1.165, 1.54) is 6.42 Å². The molecule has 2 N–H and O–H groups in total. The normalized spacial score (nSPS) is 13.9. The predicted molar refractivity (Wildman–Crippen MR) is 146 cm³/mol. The van der Waals surface area contributed by atoms with Crippen LogP contribution in [-0.2, 0) is 11.2 Å². The van der Waals surface area contributed by atoms with Crippen molar-refractivity contribution >= 4 is 16.7 Å². The zero-order chi connectivity index (χ0) is 25.6. The van der Waals surface area contributed by atoms with Crippen molar-refractivity contribution < 1.29 is 19.4 Å². The van der Waals surface area contributed by atoms with Gasteiger partial charge >= 0.3 is 0 Å². The number of nitrogens with one attached hydrogen (secondary N) is 1. The Hall–Kier alpha value is -4.03. The zero-order valence-corrected chi connectivity index (χ0v) is 21.1. The van der Waals surface area contributed by atoms with Gasteiger partial charge in [0.15, 0.2) is 0 Å². The van der Waals surface area contributed by atoms with Crippen LogP contribution in [0.3, 0.4) is 0 Å². The lowest BCUT2D eigenvalue weighted by Crippen LogP contribution is -2.45. The molecule has 0 aliphatic carbocycles. The molecule has 0 spiro atoms. The number of hydrazine groups is 1. The summed E-state index contributed by atoms with van der Waals surface area (Å²) in [6.45, 7) is 1.87. The molecule has 0 bridgehead atoms. The Morgan fingerprint density at radius 2 is 1.62 bits per heavy atom. The largest absolute Gasteiger partial charge is 0.508 e. The molecule has 0 saturated carbocycles. The van der Waals surface area contributed by atoms with Gasteiger partial charge in [-0.15, -0.1) is 0 Å². The number of phenols is 1. The van der Waals surface area contributed by atoms with Gasteiger partial charge in [0.2, 0.25) is 5.91 Å². The summed E-state index contributed by atoms with van der Waals surface area (Å²) in [5.41, 5.74) is 5.99. The smallest absolute Gasteiger partial charge is 0.234 e. The number of benzene rings is 4. The number of aryl methyl sites for hydroxylation is 1. The molecule has 6 nitrogen and oxygen atoms in total. The van der Waals surface area contributed by atoms with Crippen molar-refractivity contribution in [1.29, 1.82) is 0 Å². The maximum absolute atomic E-state index is 12.4. The SMILES string of the molecule is COc1ccc2c(Oc3ccc(CCC(=O)NN4CCCCC4)cc3)c(-c3ccc(O)cc3)ccc2c1. The van der Waals surface area contributed by atoms with E-state index in [-0.39, 0.29) is 11.7 Å². The predicted octanol–water partition coefficient (Wildman–Crippen LogP) is 6.46. The molecule has 1 amide bonds. The van der Waals surface area contributed by atoms with Crippen molar-refractivity contribution in [3.05, 3.63) is 84.4 Å². The third kappa shape index (κ3) is 6.04. The topological polar surface area (TPSA) is 71.0 Å². The minimum Gasteiger partial charge on any atom is -0.508 e. The van der Waals surface area contributed by atoms with Crippen molar-refractivity contribution in [2.75, 3.05) is 20.2 Å². The number of piperidine rings is 1. The van der Waals surface area contributed by atoms with E-state index in [2.05, 4.69) is 5.43 Å². The number of carbonyl (C=O) groups is 1. The third-order valence-electron chi connectivity index (χ3n) is 6.78. The Morgan fingerprint density at radius 3 is 2.35 bits per heavy atom. The van der Waals surface area contributed by atoms with Crippen molar-refractivity contribution in [2.24, 2.45) is 0 Å². The highest BCUT2D eigenvalue weighted by atomic mass is 16.5. The van der Waals surface area contributed by atoms with E-state index < -0.39 is 0 Å². The Labute approximate surface area is 217 Å². The van der Waals surface area contributed by atoms with Crippen LogP contribution in [0.25, 0.3) is 21.9 Å². The van der Waals surface area contributed by atoms with Crippen molar-refractivity contribution in [1.82, 2.24) is 10.4 Å². The number of fused-ring (bicyclic) bond motifs is 1. The first-order chi connectivity index (χ1) is 18.1. The van der Waals surface area contributed by atoms with Gasteiger partial charge in [-0.25, -0.2) is 5.01 Å². The number of nitrogens with zero attached hydrogens (tertiary/aromatic N) is 1. The number of aromatic hydroxyl groups is 1. The van der Waals surface area contributed by atoms with E-state index >= 15 is 0 Å². The third-order valence-corrected chi connectivity index (χ3v) is 6.78. The molecule has 1 aliphatic rings. The summed E-state index contributed by atoms with van der Waals surface area (Å²) < 4.78 is 11.9. The second kappa shape index (κ2) is 11.4. The van der Waals surface area contributed by atoms with Gasteiger partial charge in [0.05, 0.1) is 7.11 Å². The van der Waals surface area contributed by atoms with Crippen LogP contribution in [0.5, 0.6) is 23.0 Å². The monoisotopic (exact) mass is 496 g/mol. The fourth-order valence-electron chi connectivity index (χ4n) is 4.72. The van der Waals surface area contributed by atoms with E-state index in [4.69, 9.17) is 9.47 Å². The molecule has 4 aromatic carbocycles. The van der Waals surface area contributed by atoms with Gasteiger partial charge in [-0.3, -0.25) is 10.2 Å². The Kier molecular flexibility index (Phi) is 7.57. The fourth-order valence-corrected chi connectivity index (χ4v) is 4.72. The molecule has 1 aliphatic heterocycles. The Balaban J connectivity index is 1.34. The number of amides is 1. The molecule has 0 unspecified atom stereocenters. The Bertz CT molecular complexity index is 1360. The number of rotatable bonds is 8. The van der Waals surface area contributed by atoms with Gasteiger partial charge in [-0.05, 0) is 84.3 Å². The van der Waals surface area contributed by atoms with E-state index in [1.54, 1.807) is 19.2 Å². The molecule has 0 atom stereocenters. The summed E-state index contributed by atoms with van der Waals surface area (Å²) in [6, 6.07) is 25.0. The van der Waals surface area contributed by atoms with Gasteiger partial charge in [-0.2, -0.15) is 0 Å². The molecule has 4 aromatic rings. The lowest BCUT2D eigenvalue weighted by atomic mass is 9.99. The van der Waals surface area contributed by atoms with E-state index in [1.807, 2.05) is 71.7 Å². The summed E-state index contributed by atoms with van der Waals surface area (Å²) in [7, 11) is 1.66. The molecular weight excluding hydrogens is 464 g/mol. The van der Waals surface area contributed by atoms with Crippen molar-refractivity contribution in [3.63, 3.8) is 0 Å². The fraction of sp³-hybridized carbons (Fsp3) is 0.258. The van der Waals surface area contributed by atoms with E-state index in [9.17, 15) is 9.90 Å². The average molecular weight is 497 g/mol. The highest BCUT2D eigenvalue weighted by Gasteiger charge is 2.15. The van der Waals surface area contributed by atoms with Crippen molar-refractivity contribution in [3.8, 4) is 34.1 Å². The molecule has 0 radical (unpaired) electrons. The van der Waals surface area contributed by atoms with Crippen LogP contribution in [-0.4, -0.2) is 36.2 Å². The summed E-state index contributed by atoms with van der Waals surface area (Å²) in [4.78, 5) is 12.4. The minimum atomic E-state index is 0.0620. The van der Waals surface area contributed by atoms with Crippen LogP contribution in [0.15, 0.2) is 78.9 Å². The molecular formula is C31H32N2O4. The van der Waals surface area contributed by atoms with Crippen LogP contribution >= 0.6 is 0 Å². The quantitative estimate of drug-likeness (QED) is 0.293. The number of ether oxygens (including phenoxy) is 2. The van der Waals surface area contributed by atoms with Gasteiger partial charge in [0.1, 0.15) is 23.0 Å². The zero-order valence-electron chi connectivity index (χ0n) is 21.1. The maximum Gasteiger partial charge on any atom is 0.234 e. The molecule has 0 aromatic heterocycles. The molecule has 1 heterocycles. The summed E-state index contributed by atoms with van der Waals surface area (Å²) >= 11 is 0.